The number of hydrogen-bond donors (Lipinski definition) is 5. The molecule has 0 radical (unpaired) electrons. The van der Waals surface area contributed by atoms with E-state index in [1.807, 2.05) is 0 Å². The van der Waals surface area contributed by atoms with Gasteiger partial charge >= 0.3 is 11.6 Å². The summed E-state index contributed by atoms with van der Waals surface area (Å²) in [7, 11) is 1.24. The fourth-order valence-corrected chi connectivity index (χ4v) is 8.13. The van der Waals surface area contributed by atoms with E-state index in [0.717, 1.165) is 24.5 Å². The molecule has 22 heteroatoms. The molecular formula is C30H31ClFN12O6S2+. The zero-order valence-electron chi connectivity index (χ0n) is 27.2. The number of nitrogens with one attached hydrogen (secondary N) is 2. The van der Waals surface area contributed by atoms with Gasteiger partial charge in [0.1, 0.15) is 48.9 Å². The molecule has 272 valence electrons. The van der Waals surface area contributed by atoms with Crippen molar-refractivity contribution < 1.29 is 38.1 Å². The number of amidine groups is 1. The highest BCUT2D eigenvalue weighted by Gasteiger charge is 2.54. The normalized spacial score (nSPS) is 20.6. The topological polar surface area (TPSA) is 233 Å². The van der Waals surface area contributed by atoms with Crippen LogP contribution in [0.2, 0.25) is 5.02 Å². The van der Waals surface area contributed by atoms with Crippen molar-refractivity contribution in [2.24, 2.45) is 16.0 Å². The minimum atomic E-state index is -1.28. The summed E-state index contributed by atoms with van der Waals surface area (Å²) in [4.78, 5) is 54.2. The first-order chi connectivity index (χ1) is 25.0. The van der Waals surface area contributed by atoms with Gasteiger partial charge in [0.25, 0.3) is 11.8 Å². The Morgan fingerprint density at radius 2 is 2.13 bits per heavy atom. The molecule has 3 aliphatic rings. The number of fused-ring (bicyclic) bond motifs is 2. The third-order valence-electron chi connectivity index (χ3n) is 8.61. The van der Waals surface area contributed by atoms with Crippen LogP contribution in [0.25, 0.3) is 5.65 Å². The van der Waals surface area contributed by atoms with Gasteiger partial charge in [-0.2, -0.15) is 9.36 Å². The molecule has 7 rings (SSSR count). The zero-order valence-corrected chi connectivity index (χ0v) is 29.6. The quantitative estimate of drug-likeness (QED) is 0.0424. The second kappa shape index (κ2) is 14.4. The lowest BCUT2D eigenvalue weighted by atomic mass is 10.0. The van der Waals surface area contributed by atoms with E-state index < -0.39 is 35.0 Å². The molecule has 1 unspecified atom stereocenters. The lowest BCUT2D eigenvalue weighted by Crippen LogP contribution is -2.71. The van der Waals surface area contributed by atoms with E-state index in [9.17, 15) is 19.5 Å². The molecule has 3 aliphatic heterocycles. The van der Waals surface area contributed by atoms with E-state index in [-0.39, 0.29) is 63.7 Å². The Bertz CT molecular complexity index is 2150. The van der Waals surface area contributed by atoms with Crippen LogP contribution in [0.1, 0.15) is 23.4 Å². The van der Waals surface area contributed by atoms with Crippen molar-refractivity contribution in [2.75, 3.05) is 31.7 Å². The molecule has 3 atom stereocenters. The zero-order chi connectivity index (χ0) is 36.7. The van der Waals surface area contributed by atoms with Crippen molar-refractivity contribution >= 4 is 75.0 Å². The number of aromatic nitrogens is 5. The third-order valence-corrected chi connectivity index (χ3v) is 10.8. The molecule has 1 aromatic carbocycles. The van der Waals surface area contributed by atoms with Crippen LogP contribution < -0.4 is 26.7 Å². The van der Waals surface area contributed by atoms with E-state index in [1.165, 1.54) is 35.9 Å². The van der Waals surface area contributed by atoms with Gasteiger partial charge in [-0.05, 0) is 24.3 Å². The molecule has 0 bridgehead atoms. The number of halogens is 2. The molecule has 3 aromatic heterocycles. The van der Waals surface area contributed by atoms with Gasteiger partial charge in [-0.3, -0.25) is 14.5 Å². The Kier molecular flexibility index (Phi) is 9.74. The van der Waals surface area contributed by atoms with E-state index in [0.29, 0.717) is 23.3 Å². The second-order valence-corrected chi connectivity index (χ2v) is 14.1. The molecule has 2 fully saturated rings. The number of β-lactam (4-membered cyclic amide) rings is 1. The number of benzene rings is 1. The number of anilines is 1. The largest absolute Gasteiger partial charge is 0.477 e. The summed E-state index contributed by atoms with van der Waals surface area (Å²) in [6, 6.07) is 3.57. The lowest BCUT2D eigenvalue weighted by Gasteiger charge is -2.49. The number of nitrogens with zero attached hydrogens (tertiary/aromatic N) is 8. The Labute approximate surface area is 307 Å². The first-order valence-corrected chi connectivity index (χ1v) is 17.9. The highest BCUT2D eigenvalue weighted by atomic mass is 35.5. The van der Waals surface area contributed by atoms with Gasteiger partial charge in [-0.1, -0.05) is 21.9 Å². The van der Waals surface area contributed by atoms with Gasteiger partial charge in [0.15, 0.2) is 17.2 Å². The molecule has 7 N–H and O–H groups in total. The maximum absolute atomic E-state index is 15.4. The molecule has 0 saturated carbocycles. The average molecular weight is 774 g/mol. The van der Waals surface area contributed by atoms with Crippen molar-refractivity contribution in [1.82, 2.24) is 34.1 Å². The number of carboxylic acids is 1. The Balaban J connectivity index is 1.06. The Hall–Kier alpha value is -5.25. The van der Waals surface area contributed by atoms with Crippen LogP contribution in [-0.2, 0) is 37.1 Å². The number of rotatable bonds is 12. The van der Waals surface area contributed by atoms with Gasteiger partial charge in [0, 0.05) is 41.4 Å². The molecule has 2 amide bonds. The predicted octanol–water partition coefficient (Wildman–Crippen LogP) is 0.0909. The summed E-state index contributed by atoms with van der Waals surface area (Å²) < 4.78 is 24.7. The van der Waals surface area contributed by atoms with Crippen molar-refractivity contribution in [1.29, 1.82) is 0 Å². The van der Waals surface area contributed by atoms with Crippen molar-refractivity contribution in [3.8, 4) is 0 Å². The maximum atomic E-state index is 15.4. The van der Waals surface area contributed by atoms with Crippen molar-refractivity contribution in [2.45, 2.75) is 37.0 Å². The molecular weight excluding hydrogens is 743 g/mol. The van der Waals surface area contributed by atoms with E-state index in [2.05, 4.69) is 30.3 Å². The maximum Gasteiger partial charge on any atom is 0.352 e. The summed E-state index contributed by atoms with van der Waals surface area (Å²) in [5, 5.41) is 23.2. The minimum Gasteiger partial charge on any atom is -0.477 e. The third kappa shape index (κ3) is 6.62. The Morgan fingerprint density at radius 3 is 2.83 bits per heavy atom. The summed E-state index contributed by atoms with van der Waals surface area (Å²) in [5.74, 6) is -3.03. The summed E-state index contributed by atoms with van der Waals surface area (Å²) in [6.07, 6.45) is 5.94. The van der Waals surface area contributed by atoms with Crippen LogP contribution in [0, 0.1) is 5.82 Å². The summed E-state index contributed by atoms with van der Waals surface area (Å²) in [6.45, 7) is 1.70. The highest BCUT2D eigenvalue weighted by Crippen LogP contribution is 2.41. The predicted molar refractivity (Wildman–Crippen MR) is 187 cm³/mol. The molecule has 0 spiro atoms. The fourth-order valence-electron chi connectivity index (χ4n) is 6.10. The fraction of sp³-hybridized carbons (Fsp3) is 0.333. The van der Waals surface area contributed by atoms with E-state index in [4.69, 9.17) is 32.7 Å². The van der Waals surface area contributed by atoms with Crippen LogP contribution in [0.5, 0.6) is 0 Å². The Morgan fingerprint density at radius 1 is 1.31 bits per heavy atom. The number of carboxylic acid groups (broad SMARTS) is 1. The van der Waals surface area contributed by atoms with E-state index in [1.54, 1.807) is 38.4 Å². The van der Waals surface area contributed by atoms with Crippen LogP contribution in [0.4, 0.5) is 9.52 Å². The smallest absolute Gasteiger partial charge is 0.352 e. The number of thioether (sulfide) groups is 1. The number of carbonyl (C=O) groups excluding carboxylic acids is 2. The van der Waals surface area contributed by atoms with Gasteiger partial charge in [-0.15, -0.1) is 16.3 Å². The summed E-state index contributed by atoms with van der Waals surface area (Å²) in [5.41, 5.74) is 12.9. The number of carbonyl (C=O) groups is 3. The van der Waals surface area contributed by atoms with Gasteiger partial charge < -0.3 is 36.9 Å². The molecule has 4 aromatic rings. The number of amides is 2. The number of oxime groups is 2. The molecule has 18 nitrogen and oxygen atoms in total. The van der Waals surface area contributed by atoms with Crippen molar-refractivity contribution in [3.63, 3.8) is 0 Å². The van der Waals surface area contributed by atoms with Crippen LogP contribution in [0.3, 0.4) is 0 Å². The lowest BCUT2D eigenvalue weighted by molar-refractivity contribution is -0.662. The average Bonchev–Trinajstić information content (AvgIpc) is 3.94. The molecule has 52 heavy (non-hydrogen) atoms. The first kappa shape index (κ1) is 35.2. The van der Waals surface area contributed by atoms with Gasteiger partial charge in [0.2, 0.25) is 11.5 Å². The SMILES string of the molecule is CO/N=C(\C(=O)N[C@@H]1C(=O)N2C(C(=O)O)=C(Cn3ccc4n3cc[n+]4Cc3c(F)cc(C(N)=NOC4CCNC4)cc3Cl)CS[C@H]12)c1nsc(N)n1. The number of hydrogen-bond acceptors (Lipinski definition) is 13. The minimum absolute atomic E-state index is 0.0125. The van der Waals surface area contributed by atoms with Gasteiger partial charge in [-0.25, -0.2) is 18.4 Å². The van der Waals surface area contributed by atoms with Crippen molar-refractivity contribution in [3.05, 3.63) is 75.9 Å². The van der Waals surface area contributed by atoms with Crippen LogP contribution in [0.15, 0.2) is 58.4 Å². The number of nitrogen functional groups attached to an aromatic ring is 1. The number of nitrogens with two attached hydrogens (primary N) is 2. The first-order valence-electron chi connectivity index (χ1n) is 15.7. The second-order valence-electron chi connectivity index (χ2n) is 11.9. The van der Waals surface area contributed by atoms with E-state index >= 15 is 4.39 Å². The highest BCUT2D eigenvalue weighted by molar-refractivity contribution is 8.00. The summed E-state index contributed by atoms with van der Waals surface area (Å²) >= 11 is 8.69. The monoisotopic (exact) mass is 773 g/mol. The molecule has 0 aliphatic carbocycles. The number of aliphatic carboxylic acids is 1. The molecule has 2 saturated heterocycles. The van der Waals surface area contributed by atoms with Crippen LogP contribution in [-0.4, -0.2) is 101 Å². The standard InChI is InChI=1S/C30H30ClFN12O6S2/c1-49-38-21(25-37-30(34)52-40-25)26(45)36-22-27(46)44-23(29(47)48)15(13-51-28(22)44)11-42-5-3-20-41(6-7-43(20)42)12-17-18(31)8-14(9-19(17)32)24(33)39-50-16-2-4-35-10-16/h3,5-9,16,22,28,35H,2,4,10-13H2,1H3,(H5-,33,34,36,37,39,40,45,47,48)/p+1/b38-21-/t16?,22-,28-/m1/s1. The molecule has 6 heterocycles. The van der Waals surface area contributed by atoms with Gasteiger partial charge in [0.05, 0.1) is 23.8 Å². The number of imidazole rings is 1. The van der Waals surface area contributed by atoms with Crippen LogP contribution >= 0.6 is 34.9 Å².